The molecule has 1 aromatic carbocycles. The van der Waals surface area contributed by atoms with Gasteiger partial charge in [-0.25, -0.2) is 4.98 Å². The Balaban J connectivity index is 2.65. The highest BCUT2D eigenvalue weighted by Gasteiger charge is 2.10. The van der Waals surface area contributed by atoms with Crippen LogP contribution < -0.4 is 9.47 Å². The highest BCUT2D eigenvalue weighted by Crippen LogP contribution is 2.33. The number of hydrogen-bond donors (Lipinski definition) is 0. The number of fused-ring (bicyclic) bond motifs is 1. The fourth-order valence-electron chi connectivity index (χ4n) is 1.64. The van der Waals surface area contributed by atoms with E-state index in [0.717, 1.165) is 10.8 Å². The van der Waals surface area contributed by atoms with Gasteiger partial charge in [0, 0.05) is 15.8 Å². The minimum Gasteiger partial charge on any atom is -0.494 e. The van der Waals surface area contributed by atoms with Gasteiger partial charge in [-0.15, -0.1) is 0 Å². The zero-order valence-corrected chi connectivity index (χ0v) is 10.8. The van der Waals surface area contributed by atoms with Gasteiger partial charge in [0.2, 0.25) is 5.88 Å². The van der Waals surface area contributed by atoms with Crippen LogP contribution in [0, 0.1) is 0 Å². The van der Waals surface area contributed by atoms with Crippen molar-refractivity contribution in [2.75, 3.05) is 7.11 Å². The molecule has 0 aliphatic heterocycles. The first-order chi connectivity index (χ1) is 8.11. The topological polar surface area (TPSA) is 31.4 Å². The van der Waals surface area contributed by atoms with Gasteiger partial charge < -0.3 is 9.47 Å². The summed E-state index contributed by atoms with van der Waals surface area (Å²) in [7, 11) is 1.62. The van der Waals surface area contributed by atoms with Gasteiger partial charge >= 0.3 is 0 Å². The molecule has 3 nitrogen and oxygen atoms in total. The summed E-state index contributed by atoms with van der Waals surface area (Å²) in [6.07, 6.45) is 1.73. The van der Waals surface area contributed by atoms with Crippen molar-refractivity contribution in [1.29, 1.82) is 0 Å². The third-order valence-electron chi connectivity index (χ3n) is 2.34. The summed E-state index contributed by atoms with van der Waals surface area (Å²) < 4.78 is 10.9. The molecule has 4 heteroatoms. The Kier molecular flexibility index (Phi) is 3.38. The average molecular weight is 252 g/mol. The summed E-state index contributed by atoms with van der Waals surface area (Å²) >= 11 is 6.00. The van der Waals surface area contributed by atoms with Crippen molar-refractivity contribution in [3.8, 4) is 11.6 Å². The lowest BCUT2D eigenvalue weighted by molar-refractivity contribution is 0.235. The molecule has 0 N–H and O–H groups in total. The van der Waals surface area contributed by atoms with Crippen LogP contribution in [0.25, 0.3) is 10.8 Å². The number of halogens is 1. The van der Waals surface area contributed by atoms with Crippen molar-refractivity contribution in [3.05, 3.63) is 29.4 Å². The second-order valence-electron chi connectivity index (χ2n) is 3.99. The van der Waals surface area contributed by atoms with Crippen LogP contribution in [-0.4, -0.2) is 18.2 Å². The molecule has 17 heavy (non-hydrogen) atoms. The van der Waals surface area contributed by atoms with E-state index in [4.69, 9.17) is 21.1 Å². The second kappa shape index (κ2) is 4.80. The monoisotopic (exact) mass is 251 g/mol. The van der Waals surface area contributed by atoms with Crippen molar-refractivity contribution in [1.82, 2.24) is 4.98 Å². The third-order valence-corrected chi connectivity index (χ3v) is 2.58. The molecule has 0 unspecified atom stereocenters. The minimum atomic E-state index is 0.0677. The first kappa shape index (κ1) is 12.0. The van der Waals surface area contributed by atoms with Crippen LogP contribution in [0.2, 0.25) is 5.02 Å². The number of pyridine rings is 1. The molecule has 0 fully saturated rings. The summed E-state index contributed by atoms with van der Waals surface area (Å²) in [4.78, 5) is 4.25. The number of aromatic nitrogens is 1. The molecule has 0 amide bonds. The maximum absolute atomic E-state index is 6.00. The molecule has 1 aromatic heterocycles. The quantitative estimate of drug-likeness (QED) is 0.834. The first-order valence-corrected chi connectivity index (χ1v) is 5.78. The van der Waals surface area contributed by atoms with Gasteiger partial charge in [-0.1, -0.05) is 11.6 Å². The number of rotatable bonds is 3. The molecule has 90 valence electrons. The van der Waals surface area contributed by atoms with Crippen LogP contribution in [0.4, 0.5) is 0 Å². The van der Waals surface area contributed by atoms with E-state index >= 15 is 0 Å². The predicted octanol–water partition coefficient (Wildman–Crippen LogP) is 3.68. The molecule has 0 bridgehead atoms. The SMILES string of the molecule is COc1cnc(OC(C)C)c2cc(Cl)ccc12. The number of nitrogens with zero attached hydrogens (tertiary/aromatic N) is 1. The predicted molar refractivity (Wildman–Crippen MR) is 69.1 cm³/mol. The fraction of sp³-hybridized carbons (Fsp3) is 0.308. The number of ether oxygens (including phenoxy) is 2. The molecule has 0 saturated carbocycles. The summed E-state index contributed by atoms with van der Waals surface area (Å²) in [5, 5.41) is 2.47. The molecule has 0 spiro atoms. The van der Waals surface area contributed by atoms with Crippen molar-refractivity contribution in [2.45, 2.75) is 20.0 Å². The second-order valence-corrected chi connectivity index (χ2v) is 4.42. The van der Waals surface area contributed by atoms with E-state index in [1.165, 1.54) is 0 Å². The van der Waals surface area contributed by atoms with Crippen LogP contribution in [0.1, 0.15) is 13.8 Å². The molecular weight excluding hydrogens is 238 g/mol. The van der Waals surface area contributed by atoms with Gasteiger partial charge in [-0.3, -0.25) is 0 Å². The largest absolute Gasteiger partial charge is 0.494 e. The Morgan fingerprint density at radius 2 is 2.00 bits per heavy atom. The average Bonchev–Trinajstić information content (AvgIpc) is 2.29. The van der Waals surface area contributed by atoms with Gasteiger partial charge in [0.25, 0.3) is 0 Å². The molecule has 0 saturated heterocycles. The van der Waals surface area contributed by atoms with E-state index in [1.54, 1.807) is 13.3 Å². The fourth-order valence-corrected chi connectivity index (χ4v) is 1.82. The van der Waals surface area contributed by atoms with Crippen LogP contribution in [0.15, 0.2) is 24.4 Å². The van der Waals surface area contributed by atoms with E-state index < -0.39 is 0 Å². The zero-order chi connectivity index (χ0) is 12.4. The Morgan fingerprint density at radius 1 is 1.24 bits per heavy atom. The van der Waals surface area contributed by atoms with Crippen molar-refractivity contribution >= 4 is 22.4 Å². The molecule has 0 aliphatic carbocycles. The lowest BCUT2D eigenvalue weighted by atomic mass is 10.1. The zero-order valence-electron chi connectivity index (χ0n) is 10.0. The Bertz CT molecular complexity index is 540. The normalized spacial score (nSPS) is 10.9. The van der Waals surface area contributed by atoms with Crippen LogP contribution >= 0.6 is 11.6 Å². The van der Waals surface area contributed by atoms with Crippen molar-refractivity contribution in [3.63, 3.8) is 0 Å². The lowest BCUT2D eigenvalue weighted by Crippen LogP contribution is -2.07. The van der Waals surface area contributed by atoms with E-state index in [0.29, 0.717) is 16.7 Å². The molecule has 0 aliphatic rings. The highest BCUT2D eigenvalue weighted by molar-refractivity contribution is 6.31. The summed E-state index contributed by atoms with van der Waals surface area (Å²) in [6.45, 7) is 3.92. The van der Waals surface area contributed by atoms with Crippen LogP contribution in [-0.2, 0) is 0 Å². The molecule has 2 aromatic rings. The number of hydrogen-bond acceptors (Lipinski definition) is 3. The lowest BCUT2D eigenvalue weighted by Gasteiger charge is -2.13. The number of methoxy groups -OCH3 is 1. The first-order valence-electron chi connectivity index (χ1n) is 5.40. The smallest absolute Gasteiger partial charge is 0.221 e. The Morgan fingerprint density at radius 3 is 2.65 bits per heavy atom. The van der Waals surface area contributed by atoms with Gasteiger partial charge in [-0.2, -0.15) is 0 Å². The van der Waals surface area contributed by atoms with Gasteiger partial charge in [-0.05, 0) is 32.0 Å². The summed E-state index contributed by atoms with van der Waals surface area (Å²) in [5.74, 6) is 1.30. The van der Waals surface area contributed by atoms with Crippen LogP contribution in [0.5, 0.6) is 11.6 Å². The van der Waals surface area contributed by atoms with E-state index in [-0.39, 0.29) is 6.10 Å². The van der Waals surface area contributed by atoms with Crippen molar-refractivity contribution in [2.24, 2.45) is 0 Å². The highest BCUT2D eigenvalue weighted by atomic mass is 35.5. The standard InChI is InChI=1S/C13H14ClNO2/c1-8(2)17-13-11-6-9(14)4-5-10(11)12(16-3)7-15-13/h4-8H,1-3H3. The molecular formula is C13H14ClNO2. The molecule has 0 atom stereocenters. The maximum atomic E-state index is 6.00. The van der Waals surface area contributed by atoms with Gasteiger partial charge in [0.15, 0.2) is 0 Å². The number of benzene rings is 1. The molecule has 1 heterocycles. The third kappa shape index (κ3) is 2.44. The Hall–Kier alpha value is -1.48. The van der Waals surface area contributed by atoms with E-state index in [2.05, 4.69) is 4.98 Å². The van der Waals surface area contributed by atoms with Crippen LogP contribution in [0.3, 0.4) is 0 Å². The Labute approximate surface area is 105 Å². The maximum Gasteiger partial charge on any atom is 0.221 e. The summed E-state index contributed by atoms with van der Waals surface area (Å²) in [5.41, 5.74) is 0. The summed E-state index contributed by atoms with van der Waals surface area (Å²) in [6, 6.07) is 5.57. The molecule has 0 radical (unpaired) electrons. The molecule has 2 rings (SSSR count). The minimum absolute atomic E-state index is 0.0677. The van der Waals surface area contributed by atoms with Crippen molar-refractivity contribution < 1.29 is 9.47 Å². The van der Waals surface area contributed by atoms with Gasteiger partial charge in [0.1, 0.15) is 5.75 Å². The van der Waals surface area contributed by atoms with Gasteiger partial charge in [0.05, 0.1) is 19.4 Å². The van der Waals surface area contributed by atoms with E-state index in [9.17, 15) is 0 Å². The van der Waals surface area contributed by atoms with E-state index in [1.807, 2.05) is 32.0 Å².